The molecule has 0 aliphatic carbocycles. The Kier molecular flexibility index (Phi) is 10.7. The van der Waals surface area contributed by atoms with Crippen molar-refractivity contribution in [1.29, 1.82) is 0 Å². The molecule has 0 aliphatic heterocycles. The van der Waals surface area contributed by atoms with Crippen molar-refractivity contribution in [3.8, 4) is 11.1 Å². The lowest BCUT2D eigenvalue weighted by Crippen LogP contribution is -2.43. The molecule has 12 heteroatoms. The number of hydrogen-bond donors (Lipinski definition) is 4. The third kappa shape index (κ3) is 8.66. The summed E-state index contributed by atoms with van der Waals surface area (Å²) >= 11 is 0. The van der Waals surface area contributed by atoms with Gasteiger partial charge in [-0.1, -0.05) is 38.1 Å². The van der Waals surface area contributed by atoms with Crippen LogP contribution in [-0.2, 0) is 28.7 Å². The topological polar surface area (TPSA) is 185 Å². The minimum Gasteiger partial charge on any atom is -0.481 e. The van der Waals surface area contributed by atoms with Gasteiger partial charge in [0.15, 0.2) is 0 Å². The molecule has 0 fully saturated rings. The van der Waals surface area contributed by atoms with Crippen molar-refractivity contribution in [3.05, 3.63) is 59.2 Å². The van der Waals surface area contributed by atoms with Crippen molar-refractivity contribution < 1.29 is 48.5 Å². The predicted octanol–water partition coefficient (Wildman–Crippen LogP) is 1.97. The van der Waals surface area contributed by atoms with Crippen LogP contribution >= 0.6 is 0 Å². The summed E-state index contributed by atoms with van der Waals surface area (Å²) in [5.74, 6) is -6.12. The number of amides is 2. The molecule has 0 saturated heterocycles. The number of carboxylic acids is 2. The van der Waals surface area contributed by atoms with Crippen LogP contribution in [0.3, 0.4) is 0 Å². The Bertz CT molecular complexity index is 1190. The monoisotopic (exact) mass is 542 g/mol. The van der Waals surface area contributed by atoms with E-state index in [4.69, 9.17) is 10.2 Å². The standard InChI is InChI=1S/C27H30N2O10/c1-14(2)15-5-7-16(8-6-15)17-9-18(24(34)28-20(12-22(30)31)26(36)38-3)11-19(10-17)25(35)29-21(13-23(32)33)27(37)39-4/h5-11,14,20-21H,12-13H2,1-4H3,(H,28,34)(H,29,35)(H,30,31)(H,32,33)/t20-,21-/m0/s1. The van der Waals surface area contributed by atoms with Gasteiger partial charge in [0.2, 0.25) is 0 Å². The molecule has 2 aromatic carbocycles. The molecule has 12 nitrogen and oxygen atoms in total. The number of carbonyl (C=O) groups excluding carboxylic acids is 4. The van der Waals surface area contributed by atoms with Gasteiger partial charge in [0, 0.05) is 11.1 Å². The first-order valence-electron chi connectivity index (χ1n) is 11.8. The summed E-state index contributed by atoms with van der Waals surface area (Å²) < 4.78 is 9.14. The molecule has 2 aromatic rings. The van der Waals surface area contributed by atoms with Crippen LogP contribution in [0.1, 0.15) is 58.9 Å². The molecular formula is C27H30N2O10. The maximum absolute atomic E-state index is 13.1. The number of benzene rings is 2. The molecule has 0 spiro atoms. The molecule has 0 bridgehead atoms. The van der Waals surface area contributed by atoms with E-state index in [-0.39, 0.29) is 17.0 Å². The fourth-order valence-corrected chi connectivity index (χ4v) is 3.62. The van der Waals surface area contributed by atoms with Crippen LogP contribution in [0.2, 0.25) is 0 Å². The smallest absolute Gasteiger partial charge is 0.328 e. The molecular weight excluding hydrogens is 512 g/mol. The molecule has 2 atom stereocenters. The van der Waals surface area contributed by atoms with E-state index in [0.29, 0.717) is 11.1 Å². The number of nitrogens with one attached hydrogen (secondary N) is 2. The van der Waals surface area contributed by atoms with Crippen molar-refractivity contribution in [3.63, 3.8) is 0 Å². The molecule has 2 rings (SSSR count). The Morgan fingerprint density at radius 2 is 1.10 bits per heavy atom. The summed E-state index contributed by atoms with van der Waals surface area (Å²) in [6.45, 7) is 4.04. The lowest BCUT2D eigenvalue weighted by Gasteiger charge is -2.17. The Morgan fingerprint density at radius 1 is 0.692 bits per heavy atom. The summed E-state index contributed by atoms with van der Waals surface area (Å²) in [6.07, 6.45) is -1.48. The second-order valence-corrected chi connectivity index (χ2v) is 8.87. The quantitative estimate of drug-likeness (QED) is 0.289. The van der Waals surface area contributed by atoms with Gasteiger partial charge in [-0.25, -0.2) is 9.59 Å². The zero-order chi connectivity index (χ0) is 29.3. The number of ether oxygens (including phenoxy) is 2. The Hall–Kier alpha value is -4.74. The van der Waals surface area contributed by atoms with E-state index in [1.807, 2.05) is 26.0 Å². The van der Waals surface area contributed by atoms with E-state index in [2.05, 4.69) is 20.1 Å². The number of aliphatic carboxylic acids is 2. The molecule has 39 heavy (non-hydrogen) atoms. The third-order valence-electron chi connectivity index (χ3n) is 5.71. The van der Waals surface area contributed by atoms with Crippen molar-refractivity contribution in [2.75, 3.05) is 14.2 Å². The predicted molar refractivity (Wildman–Crippen MR) is 137 cm³/mol. The molecule has 2 amide bonds. The van der Waals surface area contributed by atoms with Crippen LogP contribution in [-0.4, -0.2) is 72.2 Å². The average Bonchev–Trinajstić information content (AvgIpc) is 2.90. The zero-order valence-electron chi connectivity index (χ0n) is 21.8. The number of carbonyl (C=O) groups is 6. The van der Waals surface area contributed by atoms with Crippen LogP contribution < -0.4 is 10.6 Å². The number of hydrogen-bond acceptors (Lipinski definition) is 8. The van der Waals surface area contributed by atoms with Crippen molar-refractivity contribution in [2.24, 2.45) is 0 Å². The second-order valence-electron chi connectivity index (χ2n) is 8.87. The summed E-state index contributed by atoms with van der Waals surface area (Å²) in [5, 5.41) is 22.8. The largest absolute Gasteiger partial charge is 0.481 e. The third-order valence-corrected chi connectivity index (χ3v) is 5.71. The van der Waals surface area contributed by atoms with Crippen LogP contribution in [0.5, 0.6) is 0 Å². The van der Waals surface area contributed by atoms with Gasteiger partial charge in [-0.15, -0.1) is 0 Å². The van der Waals surface area contributed by atoms with E-state index in [9.17, 15) is 28.8 Å². The van der Waals surface area contributed by atoms with E-state index in [0.717, 1.165) is 19.8 Å². The van der Waals surface area contributed by atoms with E-state index in [1.54, 1.807) is 12.1 Å². The molecule has 0 heterocycles. The Labute approximate surface area is 224 Å². The number of rotatable bonds is 12. The highest BCUT2D eigenvalue weighted by Gasteiger charge is 2.28. The number of methoxy groups -OCH3 is 2. The van der Waals surface area contributed by atoms with E-state index < -0.39 is 60.6 Å². The van der Waals surface area contributed by atoms with E-state index >= 15 is 0 Å². The van der Waals surface area contributed by atoms with Crippen LogP contribution in [0.25, 0.3) is 11.1 Å². The van der Waals surface area contributed by atoms with Crippen LogP contribution in [0.15, 0.2) is 42.5 Å². The Balaban J connectivity index is 2.54. The molecule has 208 valence electrons. The first-order valence-corrected chi connectivity index (χ1v) is 11.8. The first-order chi connectivity index (χ1) is 18.4. The SMILES string of the molecule is COC(=O)[C@H](CC(=O)O)NC(=O)c1cc(C(=O)N[C@@H](CC(=O)O)C(=O)OC)cc(-c2ccc(C(C)C)cc2)c1. The maximum Gasteiger partial charge on any atom is 0.328 e. The Morgan fingerprint density at radius 3 is 1.44 bits per heavy atom. The summed E-state index contributed by atoms with van der Waals surface area (Å²) in [6, 6.07) is 8.41. The first kappa shape index (κ1) is 30.5. The lowest BCUT2D eigenvalue weighted by atomic mass is 9.95. The lowest BCUT2D eigenvalue weighted by molar-refractivity contribution is -0.147. The number of carboxylic acid groups (broad SMARTS) is 2. The summed E-state index contributed by atoms with van der Waals surface area (Å²) in [7, 11) is 2.09. The second kappa shape index (κ2) is 13.7. The van der Waals surface area contributed by atoms with E-state index in [1.165, 1.54) is 18.2 Å². The van der Waals surface area contributed by atoms with Crippen molar-refractivity contribution >= 4 is 35.7 Å². The summed E-state index contributed by atoms with van der Waals surface area (Å²) in [4.78, 5) is 72.5. The van der Waals surface area contributed by atoms with Gasteiger partial charge in [-0.3, -0.25) is 19.2 Å². The fourth-order valence-electron chi connectivity index (χ4n) is 3.62. The molecule has 4 N–H and O–H groups in total. The molecule has 0 unspecified atom stereocenters. The highest BCUT2D eigenvalue weighted by molar-refractivity contribution is 6.03. The minimum absolute atomic E-state index is 0.0993. The maximum atomic E-state index is 13.1. The normalized spacial score (nSPS) is 12.1. The van der Waals surface area contributed by atoms with Gasteiger partial charge in [0.1, 0.15) is 12.1 Å². The van der Waals surface area contributed by atoms with Gasteiger partial charge in [0.25, 0.3) is 11.8 Å². The van der Waals surface area contributed by atoms with Gasteiger partial charge in [0.05, 0.1) is 27.1 Å². The zero-order valence-corrected chi connectivity index (χ0v) is 21.8. The molecule has 0 radical (unpaired) electrons. The van der Waals surface area contributed by atoms with Gasteiger partial charge in [-0.05, 0) is 40.8 Å². The molecule has 0 aromatic heterocycles. The van der Waals surface area contributed by atoms with Crippen LogP contribution in [0, 0.1) is 0 Å². The van der Waals surface area contributed by atoms with Gasteiger partial charge >= 0.3 is 23.9 Å². The molecule has 0 saturated carbocycles. The molecule has 0 aliphatic rings. The highest BCUT2D eigenvalue weighted by Crippen LogP contribution is 2.25. The average molecular weight is 543 g/mol. The van der Waals surface area contributed by atoms with Crippen molar-refractivity contribution in [1.82, 2.24) is 10.6 Å². The van der Waals surface area contributed by atoms with Gasteiger partial charge < -0.3 is 30.3 Å². The minimum atomic E-state index is -1.49. The van der Waals surface area contributed by atoms with Crippen LogP contribution in [0.4, 0.5) is 0 Å². The fraction of sp³-hybridized carbons (Fsp3) is 0.333. The van der Waals surface area contributed by atoms with Gasteiger partial charge in [-0.2, -0.15) is 0 Å². The highest BCUT2D eigenvalue weighted by atomic mass is 16.5. The number of esters is 2. The summed E-state index contributed by atoms with van der Waals surface area (Å²) in [5.41, 5.74) is 1.90. The van der Waals surface area contributed by atoms with Crippen molar-refractivity contribution in [2.45, 2.75) is 44.7 Å².